The maximum atomic E-state index is 5.72. The van der Waals surface area contributed by atoms with Crippen LogP contribution in [0.25, 0.3) is 0 Å². The second-order valence-corrected chi connectivity index (χ2v) is 2.45. The summed E-state index contributed by atoms with van der Waals surface area (Å²) in [5.41, 5.74) is 0.478. The second kappa shape index (κ2) is 4.07. The van der Waals surface area contributed by atoms with E-state index >= 15 is 0 Å². The molecule has 0 saturated carbocycles. The van der Waals surface area contributed by atoms with E-state index in [1.165, 1.54) is 0 Å². The first-order valence-corrected chi connectivity index (χ1v) is 3.78. The van der Waals surface area contributed by atoms with Gasteiger partial charge in [-0.25, -0.2) is 0 Å². The van der Waals surface area contributed by atoms with Crippen molar-refractivity contribution in [3.63, 3.8) is 0 Å². The maximum Gasteiger partial charge on any atom is 0.126 e. The van der Waals surface area contributed by atoms with Crippen LogP contribution in [-0.2, 0) is 0 Å². The van der Waals surface area contributed by atoms with Gasteiger partial charge in [0.15, 0.2) is 0 Å². The maximum absolute atomic E-state index is 5.72. The third-order valence-electron chi connectivity index (χ3n) is 1.75. The highest BCUT2D eigenvalue weighted by Crippen LogP contribution is 2.23. The van der Waals surface area contributed by atoms with Gasteiger partial charge in [0.1, 0.15) is 25.1 Å². The van der Waals surface area contributed by atoms with Crippen molar-refractivity contribution >= 4 is 13.3 Å². The van der Waals surface area contributed by atoms with Gasteiger partial charge in [-0.15, -0.1) is 0 Å². The van der Waals surface area contributed by atoms with Gasteiger partial charge >= 0.3 is 0 Å². The molecule has 0 amide bonds. The van der Waals surface area contributed by atoms with E-state index in [0.29, 0.717) is 22.7 Å². The molecule has 3 nitrogen and oxygen atoms in total. The lowest BCUT2D eigenvalue weighted by Gasteiger charge is -2.11. The van der Waals surface area contributed by atoms with E-state index in [1.54, 1.807) is 33.5 Å². The Kier molecular flexibility index (Phi) is 3.06. The first-order valence-electron chi connectivity index (χ1n) is 3.78. The fourth-order valence-electron chi connectivity index (χ4n) is 1.03. The largest absolute Gasteiger partial charge is 0.497 e. The van der Waals surface area contributed by atoms with Gasteiger partial charge < -0.3 is 14.2 Å². The standard InChI is InChI=1S/C9H11BO3/c1-11-6-4-7(12-2)9(10)8(5-6)13-3/h4-5H,1-3H3. The Bertz CT molecular complexity index is 274. The van der Waals surface area contributed by atoms with Gasteiger partial charge in [0.25, 0.3) is 0 Å². The summed E-state index contributed by atoms with van der Waals surface area (Å²) >= 11 is 0. The Morgan fingerprint density at radius 1 is 0.923 bits per heavy atom. The number of benzene rings is 1. The molecule has 0 atom stereocenters. The van der Waals surface area contributed by atoms with Gasteiger partial charge in [-0.05, 0) is 5.46 Å². The average Bonchev–Trinajstić information content (AvgIpc) is 2.18. The van der Waals surface area contributed by atoms with Crippen molar-refractivity contribution in [3.05, 3.63) is 12.1 Å². The minimum absolute atomic E-state index is 0.478. The quantitative estimate of drug-likeness (QED) is 0.631. The first-order chi connectivity index (χ1) is 6.22. The molecule has 1 aromatic rings. The van der Waals surface area contributed by atoms with Gasteiger partial charge in [-0.2, -0.15) is 0 Å². The minimum atomic E-state index is 0.478. The Morgan fingerprint density at radius 3 is 1.69 bits per heavy atom. The van der Waals surface area contributed by atoms with Crippen LogP contribution in [-0.4, -0.2) is 29.2 Å². The zero-order valence-electron chi connectivity index (χ0n) is 7.96. The van der Waals surface area contributed by atoms with Crippen LogP contribution in [0.5, 0.6) is 17.2 Å². The molecule has 0 spiro atoms. The third-order valence-corrected chi connectivity index (χ3v) is 1.75. The summed E-state index contributed by atoms with van der Waals surface area (Å²) in [5, 5.41) is 0. The molecule has 0 N–H and O–H groups in total. The highest BCUT2D eigenvalue weighted by Gasteiger charge is 2.07. The van der Waals surface area contributed by atoms with Crippen molar-refractivity contribution < 1.29 is 14.2 Å². The van der Waals surface area contributed by atoms with E-state index in [1.807, 2.05) is 0 Å². The molecule has 0 heterocycles. The predicted octanol–water partition coefficient (Wildman–Crippen LogP) is 0.506. The lowest BCUT2D eigenvalue weighted by Crippen LogP contribution is -2.11. The third kappa shape index (κ3) is 1.88. The monoisotopic (exact) mass is 178 g/mol. The van der Waals surface area contributed by atoms with Gasteiger partial charge in [-0.3, -0.25) is 0 Å². The molecule has 0 aliphatic heterocycles. The molecule has 0 saturated heterocycles. The molecule has 68 valence electrons. The summed E-state index contributed by atoms with van der Waals surface area (Å²) in [6, 6.07) is 3.41. The van der Waals surface area contributed by atoms with Crippen molar-refractivity contribution in [2.45, 2.75) is 0 Å². The van der Waals surface area contributed by atoms with Crippen molar-refractivity contribution in [1.29, 1.82) is 0 Å². The SMILES string of the molecule is [B]c1c(OC)cc(OC)cc1OC. The normalized spacial score (nSPS) is 9.46. The average molecular weight is 178 g/mol. The lowest BCUT2D eigenvalue weighted by molar-refractivity contribution is 0.380. The molecular formula is C9H11BO3. The number of hydrogen-bond acceptors (Lipinski definition) is 3. The summed E-state index contributed by atoms with van der Waals surface area (Å²) in [6.45, 7) is 0. The van der Waals surface area contributed by atoms with E-state index in [-0.39, 0.29) is 0 Å². The lowest BCUT2D eigenvalue weighted by atomic mass is 9.93. The molecule has 0 aliphatic carbocycles. The van der Waals surface area contributed by atoms with Crippen LogP contribution < -0.4 is 19.7 Å². The smallest absolute Gasteiger partial charge is 0.126 e. The summed E-state index contributed by atoms with van der Waals surface area (Å²) in [6.07, 6.45) is 0. The van der Waals surface area contributed by atoms with Gasteiger partial charge in [0.05, 0.1) is 21.3 Å². The molecule has 4 heteroatoms. The summed E-state index contributed by atoms with van der Waals surface area (Å²) in [5.74, 6) is 1.76. The Balaban J connectivity index is 3.20. The predicted molar refractivity (Wildman–Crippen MR) is 51.5 cm³/mol. The van der Waals surface area contributed by atoms with Crippen LogP contribution in [0.15, 0.2) is 12.1 Å². The molecule has 0 bridgehead atoms. The molecular weight excluding hydrogens is 167 g/mol. The zero-order chi connectivity index (χ0) is 9.84. The second-order valence-electron chi connectivity index (χ2n) is 2.45. The number of ether oxygens (including phenoxy) is 3. The van der Waals surface area contributed by atoms with E-state index in [4.69, 9.17) is 22.1 Å². The first kappa shape index (κ1) is 9.77. The van der Waals surface area contributed by atoms with Gasteiger partial charge in [0.2, 0.25) is 0 Å². The Labute approximate surface area is 79.0 Å². The fraction of sp³-hybridized carbons (Fsp3) is 0.333. The van der Waals surface area contributed by atoms with Crippen molar-refractivity contribution in [1.82, 2.24) is 0 Å². The highest BCUT2D eigenvalue weighted by molar-refractivity contribution is 6.36. The molecule has 0 aromatic heterocycles. The highest BCUT2D eigenvalue weighted by atomic mass is 16.5. The van der Waals surface area contributed by atoms with Crippen LogP contribution in [0, 0.1) is 0 Å². The number of hydrogen-bond donors (Lipinski definition) is 0. The summed E-state index contributed by atoms with van der Waals surface area (Å²) < 4.78 is 15.1. The van der Waals surface area contributed by atoms with Crippen LogP contribution in [0.4, 0.5) is 0 Å². The van der Waals surface area contributed by atoms with Gasteiger partial charge in [-0.1, -0.05) is 0 Å². The van der Waals surface area contributed by atoms with Crippen molar-refractivity contribution in [2.24, 2.45) is 0 Å². The molecule has 2 radical (unpaired) electrons. The van der Waals surface area contributed by atoms with Crippen LogP contribution in [0.1, 0.15) is 0 Å². The van der Waals surface area contributed by atoms with Crippen molar-refractivity contribution in [2.75, 3.05) is 21.3 Å². The minimum Gasteiger partial charge on any atom is -0.497 e. The fourth-order valence-corrected chi connectivity index (χ4v) is 1.03. The number of rotatable bonds is 3. The molecule has 13 heavy (non-hydrogen) atoms. The topological polar surface area (TPSA) is 27.7 Å². The van der Waals surface area contributed by atoms with E-state index < -0.39 is 0 Å². The Hall–Kier alpha value is -1.32. The summed E-state index contributed by atoms with van der Waals surface area (Å²) in [7, 11) is 10.4. The molecule has 1 aromatic carbocycles. The van der Waals surface area contributed by atoms with E-state index in [0.717, 1.165) is 0 Å². The molecule has 1 rings (SSSR count). The van der Waals surface area contributed by atoms with Crippen molar-refractivity contribution in [3.8, 4) is 17.2 Å². The molecule has 0 fully saturated rings. The van der Waals surface area contributed by atoms with Crippen LogP contribution in [0.2, 0.25) is 0 Å². The number of methoxy groups -OCH3 is 3. The van der Waals surface area contributed by atoms with Crippen LogP contribution >= 0.6 is 0 Å². The molecule has 0 aliphatic rings. The Morgan fingerprint density at radius 2 is 1.38 bits per heavy atom. The van der Waals surface area contributed by atoms with E-state index in [2.05, 4.69) is 0 Å². The van der Waals surface area contributed by atoms with Gasteiger partial charge in [0, 0.05) is 12.1 Å². The van der Waals surface area contributed by atoms with E-state index in [9.17, 15) is 0 Å². The van der Waals surface area contributed by atoms with Crippen LogP contribution in [0.3, 0.4) is 0 Å². The molecule has 0 unspecified atom stereocenters. The summed E-state index contributed by atoms with van der Waals surface area (Å²) in [4.78, 5) is 0. The zero-order valence-corrected chi connectivity index (χ0v) is 7.96.